The van der Waals surface area contributed by atoms with E-state index in [4.69, 9.17) is 9.47 Å². The monoisotopic (exact) mass is 349 g/mol. The molecule has 0 fully saturated rings. The number of hydrogen-bond donors (Lipinski definition) is 1. The molecule has 1 aromatic rings. The second-order valence-corrected chi connectivity index (χ2v) is 7.09. The lowest BCUT2D eigenvalue weighted by molar-refractivity contribution is -0.145. The fourth-order valence-corrected chi connectivity index (χ4v) is 2.24. The van der Waals surface area contributed by atoms with Gasteiger partial charge in [-0.2, -0.15) is 0 Å². The highest BCUT2D eigenvalue weighted by molar-refractivity contribution is 5.69. The first-order valence-corrected chi connectivity index (χ1v) is 9.03. The van der Waals surface area contributed by atoms with E-state index in [-0.39, 0.29) is 12.1 Å². The van der Waals surface area contributed by atoms with Crippen LogP contribution in [-0.4, -0.2) is 24.2 Å². The molecule has 1 rings (SSSR count). The fraction of sp³-hybridized carbons (Fsp3) is 0.600. The maximum Gasteiger partial charge on any atom is 0.407 e. The van der Waals surface area contributed by atoms with Gasteiger partial charge in [0.05, 0.1) is 0 Å². The van der Waals surface area contributed by atoms with E-state index in [1.807, 2.05) is 51.1 Å². The number of alkyl carbamates (subject to hydrolysis) is 1. The SMILES string of the molecule is CC(C)(C)OC(=O)NCCCCCCCC(=O)OCc1ccccc1. The molecule has 0 aromatic heterocycles. The Balaban J connectivity index is 1.93. The van der Waals surface area contributed by atoms with Gasteiger partial charge in [-0.1, -0.05) is 49.6 Å². The van der Waals surface area contributed by atoms with E-state index >= 15 is 0 Å². The molecule has 5 heteroatoms. The molecule has 0 radical (unpaired) electrons. The van der Waals surface area contributed by atoms with Gasteiger partial charge < -0.3 is 14.8 Å². The number of ether oxygens (including phenoxy) is 2. The molecule has 1 amide bonds. The minimum absolute atomic E-state index is 0.143. The molecule has 1 N–H and O–H groups in total. The van der Waals surface area contributed by atoms with Gasteiger partial charge in [-0.05, 0) is 39.2 Å². The lowest BCUT2D eigenvalue weighted by atomic mass is 10.1. The molecule has 0 heterocycles. The molecular formula is C20H31NO4. The third kappa shape index (κ3) is 12.0. The largest absolute Gasteiger partial charge is 0.461 e. The molecule has 0 saturated carbocycles. The highest BCUT2D eigenvalue weighted by atomic mass is 16.6. The number of carbonyl (C=O) groups excluding carboxylic acids is 2. The van der Waals surface area contributed by atoms with Gasteiger partial charge in [0.15, 0.2) is 0 Å². The summed E-state index contributed by atoms with van der Waals surface area (Å²) >= 11 is 0. The number of unbranched alkanes of at least 4 members (excludes halogenated alkanes) is 4. The Kier molecular flexibility index (Phi) is 9.66. The summed E-state index contributed by atoms with van der Waals surface area (Å²) < 4.78 is 10.4. The summed E-state index contributed by atoms with van der Waals surface area (Å²) in [5.74, 6) is -0.143. The van der Waals surface area contributed by atoms with Crippen LogP contribution < -0.4 is 5.32 Å². The van der Waals surface area contributed by atoms with Crippen LogP contribution in [0.15, 0.2) is 30.3 Å². The molecule has 0 spiro atoms. The summed E-state index contributed by atoms with van der Waals surface area (Å²) in [5.41, 5.74) is 0.549. The number of rotatable bonds is 10. The zero-order valence-electron chi connectivity index (χ0n) is 15.7. The molecule has 0 aliphatic carbocycles. The zero-order chi connectivity index (χ0) is 18.5. The smallest absolute Gasteiger partial charge is 0.407 e. The second-order valence-electron chi connectivity index (χ2n) is 7.09. The molecule has 25 heavy (non-hydrogen) atoms. The van der Waals surface area contributed by atoms with Crippen molar-refractivity contribution in [2.45, 2.75) is 71.5 Å². The Morgan fingerprint density at radius 1 is 0.960 bits per heavy atom. The van der Waals surface area contributed by atoms with Gasteiger partial charge in [-0.25, -0.2) is 4.79 Å². The van der Waals surface area contributed by atoms with Gasteiger partial charge in [0.1, 0.15) is 12.2 Å². The highest BCUT2D eigenvalue weighted by Gasteiger charge is 2.15. The third-order valence-corrected chi connectivity index (χ3v) is 3.47. The van der Waals surface area contributed by atoms with E-state index in [1.165, 1.54) is 0 Å². The van der Waals surface area contributed by atoms with Crippen molar-refractivity contribution in [3.63, 3.8) is 0 Å². The van der Waals surface area contributed by atoms with Gasteiger partial charge in [-0.15, -0.1) is 0 Å². The number of hydrogen-bond acceptors (Lipinski definition) is 4. The van der Waals surface area contributed by atoms with E-state index in [2.05, 4.69) is 5.32 Å². The number of nitrogens with one attached hydrogen (secondary N) is 1. The molecule has 140 valence electrons. The maximum absolute atomic E-state index is 11.7. The van der Waals surface area contributed by atoms with Crippen molar-refractivity contribution in [3.05, 3.63) is 35.9 Å². The Labute approximate surface area is 151 Å². The van der Waals surface area contributed by atoms with Gasteiger partial charge in [0, 0.05) is 13.0 Å². The van der Waals surface area contributed by atoms with Crippen LogP contribution in [0.2, 0.25) is 0 Å². The second kappa shape index (κ2) is 11.5. The Morgan fingerprint density at radius 3 is 2.28 bits per heavy atom. The van der Waals surface area contributed by atoms with Gasteiger partial charge in [0.25, 0.3) is 0 Å². The summed E-state index contributed by atoms with van der Waals surface area (Å²) in [6, 6.07) is 9.69. The first-order chi connectivity index (χ1) is 11.9. The van der Waals surface area contributed by atoms with E-state index < -0.39 is 5.60 Å². The lowest BCUT2D eigenvalue weighted by Gasteiger charge is -2.19. The standard InChI is InChI=1S/C20H31NO4/c1-20(2,3)25-19(23)21-15-11-6-4-5-10-14-18(22)24-16-17-12-8-7-9-13-17/h7-9,12-13H,4-6,10-11,14-16H2,1-3H3,(H,21,23). The van der Waals surface area contributed by atoms with Crippen LogP contribution in [0.1, 0.15) is 64.9 Å². The van der Waals surface area contributed by atoms with E-state index in [9.17, 15) is 9.59 Å². The van der Waals surface area contributed by atoms with Crippen molar-refractivity contribution in [2.75, 3.05) is 6.54 Å². The molecule has 1 aromatic carbocycles. The van der Waals surface area contributed by atoms with Crippen molar-refractivity contribution in [1.29, 1.82) is 0 Å². The molecule has 0 bridgehead atoms. The number of esters is 1. The summed E-state index contributed by atoms with van der Waals surface area (Å²) in [5, 5.41) is 2.75. The molecule has 0 aliphatic rings. The first kappa shape index (κ1) is 21.0. The van der Waals surface area contributed by atoms with Crippen molar-refractivity contribution in [1.82, 2.24) is 5.32 Å². The van der Waals surface area contributed by atoms with Gasteiger partial charge >= 0.3 is 12.1 Å². The number of benzene rings is 1. The quantitative estimate of drug-likeness (QED) is 0.495. The molecule has 5 nitrogen and oxygen atoms in total. The third-order valence-electron chi connectivity index (χ3n) is 3.47. The normalized spacial score (nSPS) is 11.0. The number of amides is 1. The van der Waals surface area contributed by atoms with E-state index in [0.717, 1.165) is 37.7 Å². The minimum Gasteiger partial charge on any atom is -0.461 e. The van der Waals surface area contributed by atoms with Crippen LogP contribution >= 0.6 is 0 Å². The lowest BCUT2D eigenvalue weighted by Crippen LogP contribution is -2.32. The van der Waals surface area contributed by atoms with E-state index in [0.29, 0.717) is 19.6 Å². The zero-order valence-corrected chi connectivity index (χ0v) is 15.7. The van der Waals surface area contributed by atoms with Crippen LogP contribution in [0, 0.1) is 0 Å². The molecule has 0 aliphatic heterocycles. The van der Waals surface area contributed by atoms with Crippen LogP contribution in [0.25, 0.3) is 0 Å². The molecular weight excluding hydrogens is 318 g/mol. The van der Waals surface area contributed by atoms with Crippen molar-refractivity contribution in [3.8, 4) is 0 Å². The van der Waals surface area contributed by atoms with Crippen LogP contribution in [0.4, 0.5) is 4.79 Å². The average molecular weight is 349 g/mol. The van der Waals surface area contributed by atoms with Gasteiger partial charge in [0.2, 0.25) is 0 Å². The molecule has 0 saturated heterocycles. The highest BCUT2D eigenvalue weighted by Crippen LogP contribution is 2.08. The fourth-order valence-electron chi connectivity index (χ4n) is 2.24. The topological polar surface area (TPSA) is 64.6 Å². The first-order valence-electron chi connectivity index (χ1n) is 9.03. The Bertz CT molecular complexity index is 508. The van der Waals surface area contributed by atoms with Crippen LogP contribution in [0.3, 0.4) is 0 Å². The van der Waals surface area contributed by atoms with Crippen LogP contribution in [-0.2, 0) is 20.9 Å². The number of carbonyl (C=O) groups is 2. The summed E-state index contributed by atoms with van der Waals surface area (Å²) in [6.07, 6.45) is 4.91. The summed E-state index contributed by atoms with van der Waals surface area (Å²) in [4.78, 5) is 23.1. The maximum atomic E-state index is 11.7. The predicted octanol–water partition coefficient (Wildman–Crippen LogP) is 4.60. The van der Waals surface area contributed by atoms with Crippen molar-refractivity contribution in [2.24, 2.45) is 0 Å². The van der Waals surface area contributed by atoms with Crippen molar-refractivity contribution >= 4 is 12.1 Å². The van der Waals surface area contributed by atoms with Crippen LogP contribution in [0.5, 0.6) is 0 Å². The summed E-state index contributed by atoms with van der Waals surface area (Å²) in [6.45, 7) is 6.50. The Morgan fingerprint density at radius 2 is 1.60 bits per heavy atom. The predicted molar refractivity (Wildman–Crippen MR) is 98.2 cm³/mol. The molecule has 0 atom stereocenters. The molecule has 0 unspecified atom stereocenters. The van der Waals surface area contributed by atoms with Gasteiger partial charge in [-0.3, -0.25) is 4.79 Å². The van der Waals surface area contributed by atoms with E-state index in [1.54, 1.807) is 0 Å². The summed E-state index contributed by atoms with van der Waals surface area (Å²) in [7, 11) is 0. The minimum atomic E-state index is -0.459. The van der Waals surface area contributed by atoms with Crippen molar-refractivity contribution < 1.29 is 19.1 Å². The Hall–Kier alpha value is -2.04. The average Bonchev–Trinajstić information content (AvgIpc) is 2.54.